The Hall–Kier alpha value is -1.32. The summed E-state index contributed by atoms with van der Waals surface area (Å²) in [4.78, 5) is 4.35. The summed E-state index contributed by atoms with van der Waals surface area (Å²) >= 11 is 5.84. The average molecular weight is 265 g/mol. The molecule has 1 heterocycles. The molecule has 0 unspecified atom stereocenters. The van der Waals surface area contributed by atoms with Gasteiger partial charge in [0.05, 0.1) is 11.4 Å². The monoisotopic (exact) mass is 264 g/mol. The molecule has 0 aliphatic heterocycles. The van der Waals surface area contributed by atoms with E-state index in [2.05, 4.69) is 17.1 Å². The Balaban J connectivity index is 2.29. The predicted molar refractivity (Wildman–Crippen MR) is 75.9 cm³/mol. The molecule has 0 radical (unpaired) electrons. The van der Waals surface area contributed by atoms with Crippen LogP contribution in [0.1, 0.15) is 17.5 Å². The number of ether oxygens (including phenoxy) is 1. The van der Waals surface area contributed by atoms with E-state index in [1.807, 2.05) is 12.1 Å². The lowest BCUT2D eigenvalue weighted by atomic mass is 10.1. The minimum absolute atomic E-state index is 0.392. The standard InChI is InChI=1S/C14H17ClN2O/c1-18-6-2-3-10-4-5-13-11(7-10)8-12(9-15)14(16)17-13/h4-5,7-8H,2-3,6,9H2,1H3,(H2,16,17). The van der Waals surface area contributed by atoms with Crippen molar-refractivity contribution in [2.24, 2.45) is 0 Å². The largest absolute Gasteiger partial charge is 0.385 e. The molecule has 2 N–H and O–H groups in total. The highest BCUT2D eigenvalue weighted by atomic mass is 35.5. The smallest absolute Gasteiger partial charge is 0.128 e. The van der Waals surface area contributed by atoms with Crippen LogP contribution in [-0.2, 0) is 17.0 Å². The summed E-state index contributed by atoms with van der Waals surface area (Å²) < 4.78 is 5.06. The molecule has 4 heteroatoms. The number of nitrogens with zero attached hydrogens (tertiary/aromatic N) is 1. The first-order valence-corrected chi connectivity index (χ1v) is 6.51. The van der Waals surface area contributed by atoms with Gasteiger partial charge in [-0.05, 0) is 36.6 Å². The van der Waals surface area contributed by atoms with Crippen LogP contribution in [-0.4, -0.2) is 18.7 Å². The normalized spacial score (nSPS) is 11.0. The molecular formula is C14H17ClN2O. The third-order valence-corrected chi connectivity index (χ3v) is 3.24. The van der Waals surface area contributed by atoms with Crippen LogP contribution in [0.15, 0.2) is 24.3 Å². The molecular weight excluding hydrogens is 248 g/mol. The fourth-order valence-electron chi connectivity index (χ4n) is 1.97. The molecule has 2 rings (SSSR count). The van der Waals surface area contributed by atoms with E-state index in [9.17, 15) is 0 Å². The second-order valence-corrected chi connectivity index (χ2v) is 4.56. The summed E-state index contributed by atoms with van der Waals surface area (Å²) in [6, 6.07) is 8.26. The summed E-state index contributed by atoms with van der Waals surface area (Å²) in [5.41, 5.74) is 8.91. The minimum atomic E-state index is 0.392. The van der Waals surface area contributed by atoms with Gasteiger partial charge in [-0.25, -0.2) is 4.98 Å². The second-order valence-electron chi connectivity index (χ2n) is 4.29. The van der Waals surface area contributed by atoms with Crippen LogP contribution in [0.4, 0.5) is 5.82 Å². The zero-order valence-electron chi connectivity index (χ0n) is 10.4. The lowest BCUT2D eigenvalue weighted by Gasteiger charge is -2.06. The highest BCUT2D eigenvalue weighted by Crippen LogP contribution is 2.21. The number of nitrogens with two attached hydrogens (primary N) is 1. The molecule has 96 valence electrons. The van der Waals surface area contributed by atoms with Crippen molar-refractivity contribution < 1.29 is 4.74 Å². The number of hydrogen-bond donors (Lipinski definition) is 1. The van der Waals surface area contributed by atoms with Gasteiger partial charge in [-0.1, -0.05) is 6.07 Å². The van der Waals surface area contributed by atoms with Gasteiger partial charge in [0.1, 0.15) is 5.82 Å². The first kappa shape index (κ1) is 13.1. The Kier molecular flexibility index (Phi) is 4.39. The molecule has 0 spiro atoms. The maximum Gasteiger partial charge on any atom is 0.128 e. The lowest BCUT2D eigenvalue weighted by molar-refractivity contribution is 0.195. The summed E-state index contributed by atoms with van der Waals surface area (Å²) in [5.74, 6) is 0.910. The number of rotatable bonds is 5. The summed E-state index contributed by atoms with van der Waals surface area (Å²) in [6.07, 6.45) is 2.02. The maximum atomic E-state index is 5.84. The van der Waals surface area contributed by atoms with Crippen molar-refractivity contribution in [3.63, 3.8) is 0 Å². The highest BCUT2D eigenvalue weighted by Gasteiger charge is 2.04. The van der Waals surface area contributed by atoms with Gasteiger partial charge in [0, 0.05) is 24.7 Å². The van der Waals surface area contributed by atoms with E-state index in [4.69, 9.17) is 22.1 Å². The highest BCUT2D eigenvalue weighted by molar-refractivity contribution is 6.17. The summed E-state index contributed by atoms with van der Waals surface area (Å²) in [6.45, 7) is 0.783. The van der Waals surface area contributed by atoms with Crippen molar-refractivity contribution in [3.8, 4) is 0 Å². The van der Waals surface area contributed by atoms with Crippen molar-refractivity contribution in [2.75, 3.05) is 19.5 Å². The van der Waals surface area contributed by atoms with Crippen LogP contribution < -0.4 is 5.73 Å². The first-order valence-electron chi connectivity index (χ1n) is 5.97. The van der Waals surface area contributed by atoms with Gasteiger partial charge < -0.3 is 10.5 Å². The van der Waals surface area contributed by atoms with E-state index in [-0.39, 0.29) is 0 Å². The van der Waals surface area contributed by atoms with Crippen molar-refractivity contribution in [3.05, 3.63) is 35.4 Å². The predicted octanol–water partition coefficient (Wildman–Crippen LogP) is 3.13. The second kappa shape index (κ2) is 6.03. The number of benzene rings is 1. The van der Waals surface area contributed by atoms with Gasteiger partial charge in [-0.15, -0.1) is 11.6 Å². The van der Waals surface area contributed by atoms with E-state index in [1.165, 1.54) is 5.56 Å². The molecule has 0 aliphatic carbocycles. The Bertz CT molecular complexity index is 543. The van der Waals surface area contributed by atoms with Crippen molar-refractivity contribution >= 4 is 28.3 Å². The average Bonchev–Trinajstić information content (AvgIpc) is 2.38. The molecule has 0 saturated heterocycles. The fourth-order valence-corrected chi connectivity index (χ4v) is 2.18. The first-order chi connectivity index (χ1) is 8.74. The van der Waals surface area contributed by atoms with Crippen LogP contribution in [0.3, 0.4) is 0 Å². The third-order valence-electron chi connectivity index (χ3n) is 2.95. The van der Waals surface area contributed by atoms with Crippen LogP contribution >= 0.6 is 11.6 Å². The molecule has 3 nitrogen and oxygen atoms in total. The van der Waals surface area contributed by atoms with Crippen LogP contribution in [0.5, 0.6) is 0 Å². The third kappa shape index (κ3) is 2.92. The van der Waals surface area contributed by atoms with Crippen LogP contribution in [0.25, 0.3) is 10.9 Å². The Morgan fingerprint density at radius 3 is 2.89 bits per heavy atom. The SMILES string of the molecule is COCCCc1ccc2nc(N)c(CCl)cc2c1. The fraction of sp³-hybridized carbons (Fsp3) is 0.357. The van der Waals surface area contributed by atoms with E-state index in [0.717, 1.165) is 35.9 Å². The van der Waals surface area contributed by atoms with Crippen LogP contribution in [0.2, 0.25) is 0 Å². The number of pyridine rings is 1. The molecule has 0 aliphatic rings. The maximum absolute atomic E-state index is 5.84. The van der Waals surface area contributed by atoms with Gasteiger partial charge in [0.25, 0.3) is 0 Å². The molecule has 0 amide bonds. The van der Waals surface area contributed by atoms with Gasteiger partial charge in [0.15, 0.2) is 0 Å². The van der Waals surface area contributed by atoms with Gasteiger partial charge >= 0.3 is 0 Å². The molecule has 1 aromatic carbocycles. The van der Waals surface area contributed by atoms with Crippen molar-refractivity contribution in [2.45, 2.75) is 18.7 Å². The number of aryl methyl sites for hydroxylation is 1. The zero-order valence-corrected chi connectivity index (χ0v) is 11.2. The zero-order chi connectivity index (χ0) is 13.0. The molecule has 2 aromatic rings. The molecule has 0 bridgehead atoms. The quantitative estimate of drug-likeness (QED) is 0.667. The van der Waals surface area contributed by atoms with E-state index < -0.39 is 0 Å². The van der Waals surface area contributed by atoms with Gasteiger partial charge in [0.2, 0.25) is 0 Å². The van der Waals surface area contributed by atoms with Crippen LogP contribution in [0, 0.1) is 0 Å². The van der Waals surface area contributed by atoms with Gasteiger partial charge in [-0.3, -0.25) is 0 Å². The number of halogens is 1. The van der Waals surface area contributed by atoms with E-state index in [1.54, 1.807) is 7.11 Å². The Labute approximate surface area is 112 Å². The van der Waals surface area contributed by atoms with Gasteiger partial charge in [-0.2, -0.15) is 0 Å². The summed E-state index contributed by atoms with van der Waals surface area (Å²) in [7, 11) is 1.72. The van der Waals surface area contributed by atoms with Crippen molar-refractivity contribution in [1.82, 2.24) is 4.98 Å². The molecule has 18 heavy (non-hydrogen) atoms. The number of fused-ring (bicyclic) bond motifs is 1. The molecule has 0 fully saturated rings. The lowest BCUT2D eigenvalue weighted by Crippen LogP contribution is -1.97. The molecule has 0 atom stereocenters. The topological polar surface area (TPSA) is 48.1 Å². The Morgan fingerprint density at radius 1 is 1.33 bits per heavy atom. The van der Waals surface area contributed by atoms with E-state index >= 15 is 0 Å². The van der Waals surface area contributed by atoms with Crippen molar-refractivity contribution in [1.29, 1.82) is 0 Å². The summed E-state index contributed by atoms with van der Waals surface area (Å²) in [5, 5.41) is 1.09. The molecule has 0 saturated carbocycles. The number of anilines is 1. The number of alkyl halides is 1. The number of hydrogen-bond acceptors (Lipinski definition) is 3. The Morgan fingerprint density at radius 2 is 2.17 bits per heavy atom. The minimum Gasteiger partial charge on any atom is -0.385 e. The number of aromatic nitrogens is 1. The number of nitrogen functional groups attached to an aromatic ring is 1. The molecule has 1 aromatic heterocycles. The van der Waals surface area contributed by atoms with E-state index in [0.29, 0.717) is 11.7 Å². The number of methoxy groups -OCH3 is 1.